The van der Waals surface area contributed by atoms with Crippen molar-refractivity contribution in [2.45, 2.75) is 13.8 Å². The van der Waals surface area contributed by atoms with Gasteiger partial charge in [-0.25, -0.2) is 4.98 Å². The van der Waals surface area contributed by atoms with Crippen LogP contribution in [0.3, 0.4) is 0 Å². The lowest BCUT2D eigenvalue weighted by atomic mass is 10.1. The number of pyridine rings is 1. The van der Waals surface area contributed by atoms with Gasteiger partial charge < -0.3 is 4.74 Å². The number of rotatable bonds is 4. The predicted molar refractivity (Wildman–Crippen MR) is 107 cm³/mol. The third-order valence-corrected chi connectivity index (χ3v) is 4.44. The van der Waals surface area contributed by atoms with Crippen molar-refractivity contribution in [1.82, 2.24) is 9.38 Å². The average molecular weight is 356 g/mol. The van der Waals surface area contributed by atoms with Crippen LogP contribution < -0.4 is 4.74 Å². The second-order valence-electron chi connectivity index (χ2n) is 6.41. The lowest BCUT2D eigenvalue weighted by molar-refractivity contribution is 0.416. The van der Waals surface area contributed by atoms with E-state index in [1.807, 2.05) is 85.1 Å². The second kappa shape index (κ2) is 7.03. The Labute approximate surface area is 158 Å². The highest BCUT2D eigenvalue weighted by molar-refractivity contribution is 5.79. The highest BCUT2D eigenvalue weighted by Crippen LogP contribution is 2.37. The SMILES string of the molecule is COc1ccccc1-c1nc2c(C)cccn2c1N=Nc1cccc(C)c1. The maximum Gasteiger partial charge on any atom is 0.187 e. The van der Waals surface area contributed by atoms with E-state index in [4.69, 9.17) is 9.72 Å². The Morgan fingerprint density at radius 2 is 1.78 bits per heavy atom. The van der Waals surface area contributed by atoms with Gasteiger partial charge in [0.2, 0.25) is 0 Å². The minimum Gasteiger partial charge on any atom is -0.496 e. The summed E-state index contributed by atoms with van der Waals surface area (Å²) < 4.78 is 7.51. The summed E-state index contributed by atoms with van der Waals surface area (Å²) in [5.74, 6) is 1.44. The van der Waals surface area contributed by atoms with Crippen molar-refractivity contribution in [3.8, 4) is 17.0 Å². The van der Waals surface area contributed by atoms with Gasteiger partial charge in [-0.2, -0.15) is 0 Å². The zero-order valence-corrected chi connectivity index (χ0v) is 15.5. The molecule has 0 N–H and O–H groups in total. The molecule has 0 aliphatic heterocycles. The van der Waals surface area contributed by atoms with E-state index >= 15 is 0 Å². The number of methoxy groups -OCH3 is 1. The molecule has 0 radical (unpaired) electrons. The summed E-state index contributed by atoms with van der Waals surface area (Å²) in [6, 6.07) is 19.8. The summed E-state index contributed by atoms with van der Waals surface area (Å²) >= 11 is 0. The molecule has 5 nitrogen and oxygen atoms in total. The van der Waals surface area contributed by atoms with Crippen molar-refractivity contribution in [2.24, 2.45) is 10.2 Å². The molecular weight excluding hydrogens is 336 g/mol. The Morgan fingerprint density at radius 3 is 2.59 bits per heavy atom. The molecule has 2 aromatic carbocycles. The molecule has 0 fully saturated rings. The zero-order valence-electron chi connectivity index (χ0n) is 15.5. The van der Waals surface area contributed by atoms with Crippen molar-refractivity contribution < 1.29 is 4.74 Å². The summed E-state index contributed by atoms with van der Waals surface area (Å²) in [7, 11) is 1.66. The lowest BCUT2D eigenvalue weighted by Gasteiger charge is -2.06. The van der Waals surface area contributed by atoms with Crippen molar-refractivity contribution in [3.63, 3.8) is 0 Å². The number of azo groups is 1. The topological polar surface area (TPSA) is 51.2 Å². The first-order valence-corrected chi connectivity index (χ1v) is 8.77. The highest BCUT2D eigenvalue weighted by Gasteiger charge is 2.18. The van der Waals surface area contributed by atoms with Gasteiger partial charge in [0, 0.05) is 11.8 Å². The number of aromatic nitrogens is 2. The lowest BCUT2D eigenvalue weighted by Crippen LogP contribution is -1.88. The third-order valence-electron chi connectivity index (χ3n) is 4.44. The molecule has 0 saturated carbocycles. The Kier molecular flexibility index (Phi) is 4.42. The molecule has 0 amide bonds. The molecule has 0 bridgehead atoms. The van der Waals surface area contributed by atoms with Crippen LogP contribution in [0.4, 0.5) is 11.5 Å². The second-order valence-corrected chi connectivity index (χ2v) is 6.41. The quantitative estimate of drug-likeness (QED) is 0.418. The van der Waals surface area contributed by atoms with E-state index in [-0.39, 0.29) is 0 Å². The van der Waals surface area contributed by atoms with Crippen LogP contribution >= 0.6 is 0 Å². The molecule has 0 atom stereocenters. The van der Waals surface area contributed by atoms with E-state index in [1.54, 1.807) is 7.11 Å². The Balaban J connectivity index is 1.93. The fraction of sp³-hybridized carbons (Fsp3) is 0.136. The van der Waals surface area contributed by atoms with Crippen molar-refractivity contribution >= 4 is 17.2 Å². The fourth-order valence-corrected chi connectivity index (χ4v) is 3.10. The number of nitrogens with zero attached hydrogens (tertiary/aromatic N) is 4. The first kappa shape index (κ1) is 17.0. The van der Waals surface area contributed by atoms with Gasteiger partial charge in [-0.15, -0.1) is 10.2 Å². The largest absolute Gasteiger partial charge is 0.496 e. The van der Waals surface area contributed by atoms with Gasteiger partial charge >= 0.3 is 0 Å². The third kappa shape index (κ3) is 3.19. The standard InChI is InChI=1S/C22H20N4O/c1-15-8-6-10-17(14-15)24-25-22-20(18-11-4-5-12-19(18)27-3)23-21-16(2)9-7-13-26(21)22/h4-14H,1-3H3. The molecule has 134 valence electrons. The number of para-hydroxylation sites is 1. The summed E-state index contributed by atoms with van der Waals surface area (Å²) in [5, 5.41) is 9.02. The minimum atomic E-state index is 0.680. The van der Waals surface area contributed by atoms with Gasteiger partial charge in [0.05, 0.1) is 12.8 Å². The highest BCUT2D eigenvalue weighted by atomic mass is 16.5. The molecule has 0 spiro atoms. The van der Waals surface area contributed by atoms with Gasteiger partial charge in [0.1, 0.15) is 17.1 Å². The van der Waals surface area contributed by atoms with Gasteiger partial charge in [-0.1, -0.05) is 30.3 Å². The van der Waals surface area contributed by atoms with E-state index in [2.05, 4.69) is 10.2 Å². The maximum atomic E-state index is 5.54. The maximum absolute atomic E-state index is 5.54. The molecule has 2 heterocycles. The first-order valence-electron chi connectivity index (χ1n) is 8.77. The minimum absolute atomic E-state index is 0.680. The summed E-state index contributed by atoms with van der Waals surface area (Å²) in [6.45, 7) is 4.08. The first-order chi connectivity index (χ1) is 13.2. The number of aryl methyl sites for hydroxylation is 2. The van der Waals surface area contributed by atoms with E-state index in [0.29, 0.717) is 5.82 Å². The van der Waals surface area contributed by atoms with Gasteiger partial charge in [-0.3, -0.25) is 4.40 Å². The number of ether oxygens (including phenoxy) is 1. The monoisotopic (exact) mass is 356 g/mol. The zero-order chi connectivity index (χ0) is 18.8. The molecule has 5 heteroatoms. The van der Waals surface area contributed by atoms with Crippen LogP contribution in [0.5, 0.6) is 5.75 Å². The molecule has 0 aliphatic carbocycles. The number of benzene rings is 2. The van der Waals surface area contributed by atoms with Crippen molar-refractivity contribution in [3.05, 3.63) is 78.0 Å². The number of hydrogen-bond acceptors (Lipinski definition) is 4. The summed E-state index contributed by atoms with van der Waals surface area (Å²) in [4.78, 5) is 4.85. The van der Waals surface area contributed by atoms with Crippen LogP contribution in [0.25, 0.3) is 16.9 Å². The molecule has 27 heavy (non-hydrogen) atoms. The predicted octanol–water partition coefficient (Wildman–Crippen LogP) is 6.04. The number of imidazole rings is 1. The van der Waals surface area contributed by atoms with Crippen molar-refractivity contribution in [2.75, 3.05) is 7.11 Å². The summed E-state index contributed by atoms with van der Waals surface area (Å²) in [5.41, 5.74) is 5.52. The normalized spacial score (nSPS) is 11.4. The average Bonchev–Trinajstić information content (AvgIpc) is 3.06. The van der Waals surface area contributed by atoms with Gasteiger partial charge in [0.25, 0.3) is 0 Å². The van der Waals surface area contributed by atoms with Gasteiger partial charge in [0.15, 0.2) is 5.82 Å². The fourth-order valence-electron chi connectivity index (χ4n) is 3.10. The van der Waals surface area contributed by atoms with Crippen LogP contribution in [-0.2, 0) is 0 Å². The van der Waals surface area contributed by atoms with E-state index in [0.717, 1.165) is 39.5 Å². The Hall–Kier alpha value is -3.47. The molecule has 4 aromatic rings. The van der Waals surface area contributed by atoms with Crippen LogP contribution in [0.1, 0.15) is 11.1 Å². The molecule has 0 saturated heterocycles. The molecular formula is C22H20N4O. The van der Waals surface area contributed by atoms with Gasteiger partial charge in [-0.05, 0) is 55.3 Å². The van der Waals surface area contributed by atoms with E-state index in [1.165, 1.54) is 0 Å². The summed E-state index contributed by atoms with van der Waals surface area (Å²) in [6.07, 6.45) is 1.96. The molecule has 4 rings (SSSR count). The Bertz CT molecular complexity index is 1140. The van der Waals surface area contributed by atoms with E-state index < -0.39 is 0 Å². The van der Waals surface area contributed by atoms with Crippen LogP contribution in [0.15, 0.2) is 77.1 Å². The van der Waals surface area contributed by atoms with Crippen LogP contribution in [0, 0.1) is 13.8 Å². The molecule has 0 unspecified atom stereocenters. The van der Waals surface area contributed by atoms with E-state index in [9.17, 15) is 0 Å². The Morgan fingerprint density at radius 1 is 0.926 bits per heavy atom. The van der Waals surface area contributed by atoms with Crippen LogP contribution in [-0.4, -0.2) is 16.5 Å². The molecule has 2 aromatic heterocycles. The van der Waals surface area contributed by atoms with Crippen LogP contribution in [0.2, 0.25) is 0 Å². The molecule has 0 aliphatic rings. The van der Waals surface area contributed by atoms with Crippen molar-refractivity contribution in [1.29, 1.82) is 0 Å². The smallest absolute Gasteiger partial charge is 0.187 e. The number of fused-ring (bicyclic) bond motifs is 1. The number of hydrogen-bond donors (Lipinski definition) is 0.